The largest absolute Gasteiger partial charge is 0.362 e. The molecule has 2 aromatic heterocycles. The predicted octanol–water partition coefficient (Wildman–Crippen LogP) is 2.19. The van der Waals surface area contributed by atoms with Gasteiger partial charge in [-0.3, -0.25) is 15.2 Å². The molecule has 0 saturated heterocycles. The van der Waals surface area contributed by atoms with Crippen LogP contribution in [0.3, 0.4) is 0 Å². The Labute approximate surface area is 103 Å². The lowest BCUT2D eigenvalue weighted by molar-refractivity contribution is -0.385. The van der Waals surface area contributed by atoms with Gasteiger partial charge in [0, 0.05) is 12.3 Å². The van der Waals surface area contributed by atoms with Crippen LogP contribution in [-0.4, -0.2) is 20.1 Å². The van der Waals surface area contributed by atoms with Crippen LogP contribution in [-0.2, 0) is 0 Å². The summed E-state index contributed by atoms with van der Waals surface area (Å²) in [4.78, 5) is 14.4. The van der Waals surface area contributed by atoms with E-state index in [0.29, 0.717) is 11.5 Å². The van der Waals surface area contributed by atoms with Crippen molar-refractivity contribution in [2.24, 2.45) is 0 Å². The lowest BCUT2D eigenvalue weighted by atomic mass is 10.2. The predicted molar refractivity (Wildman–Crippen MR) is 66.3 cm³/mol. The van der Waals surface area contributed by atoms with E-state index in [1.54, 1.807) is 19.2 Å². The van der Waals surface area contributed by atoms with Crippen LogP contribution in [0.25, 0.3) is 0 Å². The molecule has 2 rings (SSSR count). The molecule has 0 radical (unpaired) electrons. The van der Waals surface area contributed by atoms with Crippen LogP contribution in [0.1, 0.15) is 24.4 Å². The number of rotatable bonds is 4. The van der Waals surface area contributed by atoms with Crippen molar-refractivity contribution in [3.8, 4) is 0 Å². The number of aromatic nitrogens is 3. The van der Waals surface area contributed by atoms with E-state index in [4.69, 9.17) is 0 Å². The quantitative estimate of drug-likeness (QED) is 0.637. The van der Waals surface area contributed by atoms with E-state index in [9.17, 15) is 10.1 Å². The summed E-state index contributed by atoms with van der Waals surface area (Å²) in [5.74, 6) is 0.597. The second-order valence-electron chi connectivity index (χ2n) is 3.94. The van der Waals surface area contributed by atoms with Gasteiger partial charge in [-0.05, 0) is 26.0 Å². The van der Waals surface area contributed by atoms with Crippen LogP contribution >= 0.6 is 0 Å². The Morgan fingerprint density at radius 1 is 1.44 bits per heavy atom. The number of aromatic amines is 1. The van der Waals surface area contributed by atoms with Gasteiger partial charge >= 0.3 is 0 Å². The summed E-state index contributed by atoms with van der Waals surface area (Å²) in [5, 5.41) is 20.5. The summed E-state index contributed by atoms with van der Waals surface area (Å²) in [6.45, 7) is 3.57. The molecule has 0 amide bonds. The number of H-pyrrole nitrogens is 1. The highest BCUT2D eigenvalue weighted by molar-refractivity contribution is 5.45. The maximum absolute atomic E-state index is 10.7. The summed E-state index contributed by atoms with van der Waals surface area (Å²) in [6.07, 6.45) is 1.67. The van der Waals surface area contributed by atoms with Crippen LogP contribution in [0.4, 0.5) is 11.5 Å². The Balaban J connectivity index is 2.15. The van der Waals surface area contributed by atoms with E-state index in [2.05, 4.69) is 20.5 Å². The third-order valence-corrected chi connectivity index (χ3v) is 2.61. The number of nitrogens with zero attached hydrogens (tertiary/aromatic N) is 3. The third kappa shape index (κ3) is 2.45. The molecule has 0 aliphatic rings. The molecule has 0 unspecified atom stereocenters. The van der Waals surface area contributed by atoms with Gasteiger partial charge in [0.25, 0.3) is 5.69 Å². The van der Waals surface area contributed by atoms with Gasteiger partial charge in [-0.15, -0.1) is 0 Å². The molecule has 1 atom stereocenters. The maximum atomic E-state index is 10.7. The molecule has 7 nitrogen and oxygen atoms in total. The molecule has 2 heterocycles. The summed E-state index contributed by atoms with van der Waals surface area (Å²) in [7, 11) is 0. The first kappa shape index (κ1) is 12.0. The molecule has 0 aliphatic heterocycles. The van der Waals surface area contributed by atoms with Crippen LogP contribution in [0.2, 0.25) is 0 Å². The fourth-order valence-electron chi connectivity index (χ4n) is 1.63. The molecule has 0 aromatic carbocycles. The standard InChI is InChI=1S/C11H13N5O2/c1-7(9-5-6-12-15-9)13-11-4-3-10(16(17)18)8(2)14-11/h3-7H,1-2H3,(H,12,15)(H,13,14)/t7-/m0/s1. The zero-order valence-electron chi connectivity index (χ0n) is 10.0. The fourth-order valence-corrected chi connectivity index (χ4v) is 1.63. The van der Waals surface area contributed by atoms with Crippen molar-refractivity contribution >= 4 is 11.5 Å². The Morgan fingerprint density at radius 3 is 2.78 bits per heavy atom. The highest BCUT2D eigenvalue weighted by Crippen LogP contribution is 2.20. The van der Waals surface area contributed by atoms with E-state index in [1.807, 2.05) is 13.0 Å². The molecule has 0 aliphatic carbocycles. The monoisotopic (exact) mass is 247 g/mol. The van der Waals surface area contributed by atoms with Gasteiger partial charge < -0.3 is 5.32 Å². The zero-order chi connectivity index (χ0) is 13.1. The summed E-state index contributed by atoms with van der Waals surface area (Å²) in [5.41, 5.74) is 1.34. The minimum Gasteiger partial charge on any atom is -0.362 e. The van der Waals surface area contributed by atoms with Gasteiger partial charge in [0.15, 0.2) is 0 Å². The first-order chi connectivity index (χ1) is 8.58. The lowest BCUT2D eigenvalue weighted by Crippen LogP contribution is -2.09. The minimum atomic E-state index is -0.440. The molecule has 0 spiro atoms. The highest BCUT2D eigenvalue weighted by Gasteiger charge is 2.13. The van der Waals surface area contributed by atoms with Crippen molar-refractivity contribution in [3.63, 3.8) is 0 Å². The van der Waals surface area contributed by atoms with Crippen molar-refractivity contribution in [1.82, 2.24) is 15.2 Å². The SMILES string of the molecule is Cc1nc(N[C@@H](C)c2ccn[nH]2)ccc1[N+](=O)[O-]. The molecule has 18 heavy (non-hydrogen) atoms. The number of anilines is 1. The summed E-state index contributed by atoms with van der Waals surface area (Å²) >= 11 is 0. The van der Waals surface area contributed by atoms with Crippen molar-refractivity contribution in [2.45, 2.75) is 19.9 Å². The summed E-state index contributed by atoms with van der Waals surface area (Å²) < 4.78 is 0. The molecule has 2 aromatic rings. The first-order valence-electron chi connectivity index (χ1n) is 5.46. The number of nitro groups is 1. The highest BCUT2D eigenvalue weighted by atomic mass is 16.6. The Bertz CT molecular complexity index is 553. The first-order valence-corrected chi connectivity index (χ1v) is 5.46. The van der Waals surface area contributed by atoms with Crippen molar-refractivity contribution in [2.75, 3.05) is 5.32 Å². The fraction of sp³-hybridized carbons (Fsp3) is 0.273. The lowest BCUT2D eigenvalue weighted by Gasteiger charge is -2.12. The van der Waals surface area contributed by atoms with Gasteiger partial charge in [-0.1, -0.05) is 0 Å². The number of pyridine rings is 1. The topological polar surface area (TPSA) is 96.7 Å². The Kier molecular flexibility index (Phi) is 3.22. The van der Waals surface area contributed by atoms with E-state index in [-0.39, 0.29) is 11.7 Å². The second-order valence-corrected chi connectivity index (χ2v) is 3.94. The van der Waals surface area contributed by atoms with E-state index >= 15 is 0 Å². The molecule has 94 valence electrons. The second kappa shape index (κ2) is 4.82. The van der Waals surface area contributed by atoms with Crippen molar-refractivity contribution < 1.29 is 4.92 Å². The van der Waals surface area contributed by atoms with Gasteiger partial charge in [0.2, 0.25) is 0 Å². The Morgan fingerprint density at radius 2 is 2.22 bits per heavy atom. The summed E-state index contributed by atoms with van der Waals surface area (Å²) in [6, 6.07) is 4.90. The number of aryl methyl sites for hydroxylation is 1. The molecule has 0 saturated carbocycles. The van der Waals surface area contributed by atoms with Gasteiger partial charge in [-0.2, -0.15) is 5.10 Å². The van der Waals surface area contributed by atoms with Gasteiger partial charge in [0.1, 0.15) is 11.5 Å². The van der Waals surface area contributed by atoms with Crippen molar-refractivity contribution in [1.29, 1.82) is 0 Å². The number of hydrogen-bond donors (Lipinski definition) is 2. The van der Waals surface area contributed by atoms with E-state index in [1.165, 1.54) is 6.07 Å². The smallest absolute Gasteiger partial charge is 0.290 e. The average molecular weight is 247 g/mol. The van der Waals surface area contributed by atoms with E-state index < -0.39 is 4.92 Å². The van der Waals surface area contributed by atoms with Crippen LogP contribution in [0.15, 0.2) is 24.4 Å². The number of hydrogen-bond acceptors (Lipinski definition) is 5. The molecule has 0 fully saturated rings. The zero-order valence-corrected chi connectivity index (χ0v) is 10.0. The van der Waals surface area contributed by atoms with E-state index in [0.717, 1.165) is 5.69 Å². The molecular formula is C11H13N5O2. The van der Waals surface area contributed by atoms with Crippen LogP contribution in [0.5, 0.6) is 0 Å². The van der Waals surface area contributed by atoms with Gasteiger partial charge in [-0.25, -0.2) is 4.98 Å². The molecule has 0 bridgehead atoms. The molecule has 7 heteroatoms. The number of nitrogens with one attached hydrogen (secondary N) is 2. The van der Waals surface area contributed by atoms with Crippen LogP contribution in [0, 0.1) is 17.0 Å². The Hall–Kier alpha value is -2.44. The maximum Gasteiger partial charge on any atom is 0.290 e. The van der Waals surface area contributed by atoms with Crippen molar-refractivity contribution in [3.05, 3.63) is 45.9 Å². The normalized spacial score (nSPS) is 12.1. The van der Waals surface area contributed by atoms with Gasteiger partial charge in [0.05, 0.1) is 16.7 Å². The molecular weight excluding hydrogens is 234 g/mol. The minimum absolute atomic E-state index is 0.000793. The third-order valence-electron chi connectivity index (χ3n) is 2.61. The molecule has 2 N–H and O–H groups in total. The average Bonchev–Trinajstić information content (AvgIpc) is 2.81. The van der Waals surface area contributed by atoms with Crippen LogP contribution < -0.4 is 5.32 Å².